The van der Waals surface area contributed by atoms with Crippen molar-refractivity contribution < 1.29 is 9.47 Å². The first-order valence-electron chi connectivity index (χ1n) is 6.03. The van der Waals surface area contributed by atoms with Crippen LogP contribution in [0.3, 0.4) is 0 Å². The minimum atomic E-state index is 0.454. The Hall–Kier alpha value is -1.87. The van der Waals surface area contributed by atoms with Gasteiger partial charge >= 0.3 is 0 Å². The molecule has 2 aromatic rings. The Kier molecular flexibility index (Phi) is 4.53. The third-order valence-corrected chi connectivity index (χ3v) is 2.97. The molecule has 2 aromatic carbocycles. The topological polar surface area (TPSA) is 44.5 Å². The number of hydrogen-bond donors (Lipinski definition) is 1. The number of rotatable bonds is 5. The van der Waals surface area contributed by atoms with Crippen LogP contribution in [0.1, 0.15) is 5.56 Å². The van der Waals surface area contributed by atoms with Crippen LogP contribution in [0.5, 0.6) is 11.5 Å². The van der Waals surface area contributed by atoms with Gasteiger partial charge in [0, 0.05) is 6.07 Å². The summed E-state index contributed by atoms with van der Waals surface area (Å²) in [6, 6.07) is 13.2. The Bertz CT molecular complexity index is 543. The molecule has 0 aliphatic heterocycles. The summed E-state index contributed by atoms with van der Waals surface area (Å²) in [5.41, 5.74) is 7.23. The number of hydrogen-bond acceptors (Lipinski definition) is 3. The van der Waals surface area contributed by atoms with Gasteiger partial charge in [-0.3, -0.25) is 0 Å². The highest BCUT2D eigenvalue weighted by Gasteiger charge is 2.04. The summed E-state index contributed by atoms with van der Waals surface area (Å²) in [6.45, 7) is 2.86. The van der Waals surface area contributed by atoms with E-state index in [1.807, 2.05) is 37.3 Å². The average Bonchev–Trinajstić information content (AvgIpc) is 2.41. The number of benzene rings is 2. The number of para-hydroxylation sites is 1. The van der Waals surface area contributed by atoms with Gasteiger partial charge in [0.1, 0.15) is 24.7 Å². The molecule has 0 atom stereocenters. The van der Waals surface area contributed by atoms with Crippen molar-refractivity contribution in [1.29, 1.82) is 0 Å². The minimum Gasteiger partial charge on any atom is -0.490 e. The van der Waals surface area contributed by atoms with E-state index in [1.54, 1.807) is 12.1 Å². The Labute approximate surface area is 117 Å². The molecular weight excluding hydrogens is 262 g/mol. The molecule has 0 saturated carbocycles. The molecular formula is C15H16ClNO2. The normalized spacial score (nSPS) is 10.2. The molecule has 2 rings (SSSR count). The number of aryl methyl sites for hydroxylation is 1. The summed E-state index contributed by atoms with van der Waals surface area (Å²) >= 11 is 5.96. The maximum absolute atomic E-state index is 5.96. The van der Waals surface area contributed by atoms with Gasteiger partial charge in [-0.1, -0.05) is 29.8 Å². The molecule has 4 heteroatoms. The molecule has 0 fully saturated rings. The van der Waals surface area contributed by atoms with Gasteiger partial charge in [-0.15, -0.1) is 0 Å². The lowest BCUT2D eigenvalue weighted by atomic mass is 10.2. The van der Waals surface area contributed by atoms with Crippen LogP contribution in [0.25, 0.3) is 0 Å². The molecule has 0 saturated heterocycles. The first-order valence-corrected chi connectivity index (χ1v) is 6.41. The minimum absolute atomic E-state index is 0.454. The maximum atomic E-state index is 5.96. The largest absolute Gasteiger partial charge is 0.490 e. The van der Waals surface area contributed by atoms with E-state index in [2.05, 4.69) is 0 Å². The number of anilines is 1. The van der Waals surface area contributed by atoms with Crippen LogP contribution < -0.4 is 15.2 Å². The Morgan fingerprint density at radius 1 is 1.05 bits per heavy atom. The quantitative estimate of drug-likeness (QED) is 0.670. The molecule has 0 radical (unpaired) electrons. The fourth-order valence-electron chi connectivity index (χ4n) is 1.67. The zero-order valence-electron chi connectivity index (χ0n) is 10.7. The fraction of sp³-hybridized carbons (Fsp3) is 0.200. The molecule has 0 bridgehead atoms. The van der Waals surface area contributed by atoms with Crippen LogP contribution in [-0.4, -0.2) is 13.2 Å². The van der Waals surface area contributed by atoms with Crippen molar-refractivity contribution in [3.63, 3.8) is 0 Å². The SMILES string of the molecule is Cc1cc(N)c(Cl)cc1OCCOc1ccccc1. The summed E-state index contributed by atoms with van der Waals surface area (Å²) in [5.74, 6) is 1.56. The Morgan fingerprint density at radius 3 is 2.47 bits per heavy atom. The number of nitrogens with two attached hydrogens (primary N) is 1. The lowest BCUT2D eigenvalue weighted by Crippen LogP contribution is -2.09. The van der Waals surface area contributed by atoms with Gasteiger partial charge in [0.15, 0.2) is 0 Å². The van der Waals surface area contributed by atoms with E-state index in [9.17, 15) is 0 Å². The highest BCUT2D eigenvalue weighted by Crippen LogP contribution is 2.28. The molecule has 3 nitrogen and oxygen atoms in total. The molecule has 0 heterocycles. The zero-order valence-corrected chi connectivity index (χ0v) is 11.5. The first kappa shape index (κ1) is 13.6. The van der Waals surface area contributed by atoms with Crippen LogP contribution in [0, 0.1) is 6.92 Å². The van der Waals surface area contributed by atoms with Crippen molar-refractivity contribution in [2.45, 2.75) is 6.92 Å². The van der Waals surface area contributed by atoms with E-state index in [0.29, 0.717) is 23.9 Å². The van der Waals surface area contributed by atoms with Crippen LogP contribution in [0.15, 0.2) is 42.5 Å². The van der Waals surface area contributed by atoms with Crippen molar-refractivity contribution in [1.82, 2.24) is 0 Å². The Balaban J connectivity index is 1.85. The van der Waals surface area contributed by atoms with Crippen LogP contribution in [0.4, 0.5) is 5.69 Å². The van der Waals surface area contributed by atoms with Gasteiger partial charge in [0.05, 0.1) is 10.7 Å². The second kappa shape index (κ2) is 6.34. The van der Waals surface area contributed by atoms with Gasteiger partial charge in [-0.25, -0.2) is 0 Å². The summed E-state index contributed by atoms with van der Waals surface area (Å²) in [4.78, 5) is 0. The predicted molar refractivity (Wildman–Crippen MR) is 78.0 cm³/mol. The summed E-state index contributed by atoms with van der Waals surface area (Å²) in [5, 5.41) is 0.504. The van der Waals surface area contributed by atoms with Crippen molar-refractivity contribution in [3.8, 4) is 11.5 Å². The monoisotopic (exact) mass is 277 g/mol. The molecule has 0 unspecified atom stereocenters. The molecule has 100 valence electrons. The van der Waals surface area contributed by atoms with Gasteiger partial charge in [0.25, 0.3) is 0 Å². The summed E-state index contributed by atoms with van der Waals surface area (Å²) in [6.07, 6.45) is 0. The molecule has 0 spiro atoms. The van der Waals surface area contributed by atoms with Gasteiger partial charge in [-0.05, 0) is 30.7 Å². The van der Waals surface area contributed by atoms with Gasteiger partial charge < -0.3 is 15.2 Å². The second-order valence-electron chi connectivity index (χ2n) is 4.15. The predicted octanol–water partition coefficient (Wildman–Crippen LogP) is 3.69. The number of halogens is 1. The van der Waals surface area contributed by atoms with Crippen LogP contribution in [-0.2, 0) is 0 Å². The third kappa shape index (κ3) is 3.80. The average molecular weight is 278 g/mol. The second-order valence-corrected chi connectivity index (χ2v) is 4.56. The molecule has 0 aliphatic carbocycles. The highest BCUT2D eigenvalue weighted by molar-refractivity contribution is 6.33. The molecule has 0 aliphatic rings. The maximum Gasteiger partial charge on any atom is 0.124 e. The van der Waals surface area contributed by atoms with Crippen molar-refractivity contribution in [3.05, 3.63) is 53.1 Å². The molecule has 0 aromatic heterocycles. The van der Waals surface area contributed by atoms with Crippen molar-refractivity contribution >= 4 is 17.3 Å². The van der Waals surface area contributed by atoms with Crippen LogP contribution in [0.2, 0.25) is 5.02 Å². The van der Waals surface area contributed by atoms with E-state index in [1.165, 1.54) is 0 Å². The molecule has 19 heavy (non-hydrogen) atoms. The smallest absolute Gasteiger partial charge is 0.124 e. The standard InChI is InChI=1S/C15H16ClNO2/c1-11-9-14(17)13(16)10-15(11)19-8-7-18-12-5-3-2-4-6-12/h2-6,9-10H,7-8,17H2,1H3. The highest BCUT2D eigenvalue weighted by atomic mass is 35.5. The lowest BCUT2D eigenvalue weighted by Gasteiger charge is -2.11. The van der Waals surface area contributed by atoms with E-state index in [4.69, 9.17) is 26.8 Å². The first-order chi connectivity index (χ1) is 9.16. The van der Waals surface area contributed by atoms with E-state index < -0.39 is 0 Å². The van der Waals surface area contributed by atoms with E-state index >= 15 is 0 Å². The van der Waals surface area contributed by atoms with E-state index in [0.717, 1.165) is 17.1 Å². The van der Waals surface area contributed by atoms with Crippen molar-refractivity contribution in [2.75, 3.05) is 18.9 Å². The molecule has 2 N–H and O–H groups in total. The van der Waals surface area contributed by atoms with E-state index in [-0.39, 0.29) is 0 Å². The Morgan fingerprint density at radius 2 is 1.74 bits per heavy atom. The fourth-order valence-corrected chi connectivity index (χ4v) is 1.82. The third-order valence-electron chi connectivity index (χ3n) is 2.65. The summed E-state index contributed by atoms with van der Waals surface area (Å²) in [7, 11) is 0. The number of nitrogen functional groups attached to an aromatic ring is 1. The lowest BCUT2D eigenvalue weighted by molar-refractivity contribution is 0.216. The molecule has 0 amide bonds. The van der Waals surface area contributed by atoms with Crippen LogP contribution >= 0.6 is 11.6 Å². The zero-order chi connectivity index (χ0) is 13.7. The number of ether oxygens (including phenoxy) is 2. The summed E-state index contributed by atoms with van der Waals surface area (Å²) < 4.78 is 11.2. The van der Waals surface area contributed by atoms with Crippen molar-refractivity contribution in [2.24, 2.45) is 0 Å². The van der Waals surface area contributed by atoms with Gasteiger partial charge in [-0.2, -0.15) is 0 Å². The van der Waals surface area contributed by atoms with Gasteiger partial charge in [0.2, 0.25) is 0 Å².